The summed E-state index contributed by atoms with van der Waals surface area (Å²) in [5.41, 5.74) is 2.21. The molecule has 0 aliphatic rings. The predicted octanol–water partition coefficient (Wildman–Crippen LogP) is 3.76. The Labute approximate surface area is 142 Å². The summed E-state index contributed by atoms with van der Waals surface area (Å²) in [6.45, 7) is 16.3. The third-order valence-electron chi connectivity index (χ3n) is 3.89. The summed E-state index contributed by atoms with van der Waals surface area (Å²) in [6, 6.07) is 0. The first-order chi connectivity index (χ1) is 11.1. The van der Waals surface area contributed by atoms with E-state index in [1.54, 1.807) is 0 Å². The van der Waals surface area contributed by atoms with Gasteiger partial charge >= 0.3 is 0 Å². The van der Waals surface area contributed by atoms with Crippen molar-refractivity contribution < 1.29 is 5.11 Å². The van der Waals surface area contributed by atoms with E-state index >= 15 is 0 Å². The molecule has 0 radical (unpaired) electrons. The molecular formula is C18H35N3O2. The Morgan fingerprint density at radius 1 is 0.913 bits per heavy atom. The molecule has 0 atom stereocenters. The van der Waals surface area contributed by atoms with Crippen LogP contribution in [0, 0.1) is 4.91 Å². The lowest BCUT2D eigenvalue weighted by atomic mass is 10.1. The van der Waals surface area contributed by atoms with Crippen LogP contribution in [0.25, 0.3) is 0 Å². The average molecular weight is 325 g/mol. The molecule has 0 saturated carbocycles. The van der Waals surface area contributed by atoms with E-state index in [1.165, 1.54) is 0 Å². The Morgan fingerprint density at radius 2 is 1.39 bits per heavy atom. The normalized spacial score (nSPS) is 10.4. The smallest absolute Gasteiger partial charge is 0.0985 e. The van der Waals surface area contributed by atoms with Gasteiger partial charge in [-0.15, -0.1) is 0 Å². The number of nitroso groups, excluding NO2 is 1. The van der Waals surface area contributed by atoms with Crippen molar-refractivity contribution in [1.82, 2.24) is 9.80 Å². The highest BCUT2D eigenvalue weighted by molar-refractivity contribution is 4.96. The Morgan fingerprint density at radius 3 is 1.78 bits per heavy atom. The van der Waals surface area contributed by atoms with Gasteiger partial charge in [0.05, 0.1) is 13.2 Å². The monoisotopic (exact) mass is 325 g/mol. The molecule has 0 unspecified atom stereocenters. The maximum Gasteiger partial charge on any atom is 0.0985 e. The molecule has 0 aliphatic carbocycles. The van der Waals surface area contributed by atoms with Gasteiger partial charge in [0.25, 0.3) is 0 Å². The van der Waals surface area contributed by atoms with Gasteiger partial charge in [0.1, 0.15) is 0 Å². The summed E-state index contributed by atoms with van der Waals surface area (Å²) >= 11 is 0. The van der Waals surface area contributed by atoms with Gasteiger partial charge in [0.2, 0.25) is 0 Å². The minimum absolute atomic E-state index is 0.173. The minimum Gasteiger partial charge on any atom is -0.395 e. The van der Waals surface area contributed by atoms with Crippen LogP contribution in [0.4, 0.5) is 0 Å². The van der Waals surface area contributed by atoms with Gasteiger partial charge in [-0.3, -0.25) is 0 Å². The van der Waals surface area contributed by atoms with Gasteiger partial charge in [-0.05, 0) is 38.5 Å². The number of aliphatic hydroxyl groups is 1. The summed E-state index contributed by atoms with van der Waals surface area (Å²) < 4.78 is 0. The quantitative estimate of drug-likeness (QED) is 0.347. The number of unbranched alkanes of at least 4 members (excludes halogenated alkanes) is 1. The molecule has 0 fully saturated rings. The zero-order chi connectivity index (χ0) is 17.5. The first-order valence-corrected chi connectivity index (χ1v) is 8.86. The Bertz CT molecular complexity index is 339. The van der Waals surface area contributed by atoms with Crippen molar-refractivity contribution in [2.75, 3.05) is 39.3 Å². The van der Waals surface area contributed by atoms with Gasteiger partial charge in [-0.1, -0.05) is 32.2 Å². The predicted molar refractivity (Wildman–Crippen MR) is 98.2 cm³/mol. The van der Waals surface area contributed by atoms with Crippen molar-refractivity contribution >= 4 is 0 Å². The molecule has 0 aliphatic heterocycles. The third kappa shape index (κ3) is 10.1. The van der Waals surface area contributed by atoms with E-state index in [4.69, 9.17) is 5.11 Å². The summed E-state index contributed by atoms with van der Waals surface area (Å²) in [4.78, 5) is 14.6. The topological polar surface area (TPSA) is 56.1 Å². The summed E-state index contributed by atoms with van der Waals surface area (Å²) in [6.07, 6.45) is 6.13. The number of allylic oxidation sites excluding steroid dienone is 2. The van der Waals surface area contributed by atoms with Crippen LogP contribution < -0.4 is 0 Å². The number of nitrogens with zero attached hydrogens (tertiary/aromatic N) is 3. The summed E-state index contributed by atoms with van der Waals surface area (Å²) in [5.74, 6) is 0. The van der Waals surface area contributed by atoms with Crippen molar-refractivity contribution in [2.24, 2.45) is 5.18 Å². The Balaban J connectivity index is 4.09. The van der Waals surface area contributed by atoms with Gasteiger partial charge in [0, 0.05) is 37.6 Å². The van der Waals surface area contributed by atoms with Gasteiger partial charge in [-0.2, -0.15) is 4.91 Å². The fraction of sp³-hybridized carbons (Fsp3) is 0.778. The SMILES string of the molecule is C=C(CCCCC(=C)N(CCC)CCN=O)N(CCC)CCO. The first-order valence-electron chi connectivity index (χ1n) is 8.86. The van der Waals surface area contributed by atoms with E-state index in [1.807, 2.05) is 0 Å². The van der Waals surface area contributed by atoms with Gasteiger partial charge in [-0.25, -0.2) is 0 Å². The van der Waals surface area contributed by atoms with E-state index in [-0.39, 0.29) is 6.61 Å². The second kappa shape index (κ2) is 14.2. The Hall–Kier alpha value is -1.36. The van der Waals surface area contributed by atoms with Crippen LogP contribution in [0.5, 0.6) is 0 Å². The van der Waals surface area contributed by atoms with E-state index in [2.05, 4.69) is 42.0 Å². The van der Waals surface area contributed by atoms with E-state index in [0.717, 1.165) is 63.0 Å². The molecular weight excluding hydrogens is 290 g/mol. The fourth-order valence-corrected chi connectivity index (χ4v) is 2.65. The van der Waals surface area contributed by atoms with E-state index < -0.39 is 0 Å². The molecule has 0 rings (SSSR count). The maximum absolute atomic E-state index is 10.3. The van der Waals surface area contributed by atoms with Crippen LogP contribution in [-0.2, 0) is 0 Å². The zero-order valence-electron chi connectivity index (χ0n) is 15.1. The van der Waals surface area contributed by atoms with Crippen molar-refractivity contribution in [1.29, 1.82) is 0 Å². The van der Waals surface area contributed by atoms with Crippen LogP contribution in [-0.4, -0.2) is 54.2 Å². The number of rotatable bonds is 16. The molecule has 0 aromatic rings. The van der Waals surface area contributed by atoms with E-state index in [9.17, 15) is 4.91 Å². The number of hydrogen-bond donors (Lipinski definition) is 1. The third-order valence-corrected chi connectivity index (χ3v) is 3.89. The standard InChI is InChI=1S/C18H35N3O2/c1-5-12-20(14-11-19-23)17(3)9-7-8-10-18(4)21(13-6-2)15-16-22/h22H,3-16H2,1-2H3. The zero-order valence-corrected chi connectivity index (χ0v) is 15.1. The van der Waals surface area contributed by atoms with Crippen LogP contribution >= 0.6 is 0 Å². The highest BCUT2D eigenvalue weighted by atomic mass is 16.3. The lowest BCUT2D eigenvalue weighted by Gasteiger charge is -2.27. The number of hydrogen-bond acceptors (Lipinski definition) is 5. The van der Waals surface area contributed by atoms with Crippen molar-refractivity contribution in [3.05, 3.63) is 29.5 Å². The molecule has 0 bridgehead atoms. The second-order valence-corrected chi connectivity index (χ2v) is 5.89. The highest BCUT2D eigenvalue weighted by Gasteiger charge is 2.08. The molecule has 1 N–H and O–H groups in total. The molecule has 0 aromatic heterocycles. The molecule has 0 saturated heterocycles. The van der Waals surface area contributed by atoms with Crippen LogP contribution in [0.15, 0.2) is 29.7 Å². The summed E-state index contributed by atoms with van der Waals surface area (Å²) in [7, 11) is 0. The lowest BCUT2D eigenvalue weighted by Crippen LogP contribution is -2.27. The van der Waals surface area contributed by atoms with Gasteiger partial charge in [0.15, 0.2) is 0 Å². The largest absolute Gasteiger partial charge is 0.395 e. The van der Waals surface area contributed by atoms with Crippen LogP contribution in [0.2, 0.25) is 0 Å². The molecule has 23 heavy (non-hydrogen) atoms. The molecule has 5 heteroatoms. The molecule has 5 nitrogen and oxygen atoms in total. The van der Waals surface area contributed by atoms with Crippen molar-refractivity contribution in [3.8, 4) is 0 Å². The molecule has 0 aromatic carbocycles. The molecule has 0 heterocycles. The molecule has 134 valence electrons. The molecule has 0 spiro atoms. The van der Waals surface area contributed by atoms with Crippen LogP contribution in [0.3, 0.4) is 0 Å². The minimum atomic E-state index is 0.173. The average Bonchev–Trinajstić information content (AvgIpc) is 2.54. The highest BCUT2D eigenvalue weighted by Crippen LogP contribution is 2.16. The first kappa shape index (κ1) is 21.6. The lowest BCUT2D eigenvalue weighted by molar-refractivity contribution is 0.222. The molecule has 0 amide bonds. The summed E-state index contributed by atoms with van der Waals surface area (Å²) in [5, 5.41) is 12.1. The fourth-order valence-electron chi connectivity index (χ4n) is 2.65. The second-order valence-electron chi connectivity index (χ2n) is 5.89. The van der Waals surface area contributed by atoms with Crippen LogP contribution in [0.1, 0.15) is 52.4 Å². The van der Waals surface area contributed by atoms with Gasteiger partial charge < -0.3 is 14.9 Å². The van der Waals surface area contributed by atoms with E-state index in [0.29, 0.717) is 19.6 Å². The van der Waals surface area contributed by atoms with Crippen molar-refractivity contribution in [3.63, 3.8) is 0 Å². The number of aliphatic hydroxyl groups excluding tert-OH is 1. The maximum atomic E-state index is 10.3. The van der Waals surface area contributed by atoms with Crippen molar-refractivity contribution in [2.45, 2.75) is 52.4 Å². The Kier molecular flexibility index (Phi) is 13.4.